The molecule has 2 aromatic carbocycles. The van der Waals surface area contributed by atoms with E-state index in [1.807, 2.05) is 37.3 Å². The Morgan fingerprint density at radius 2 is 1.77 bits per heavy atom. The highest BCUT2D eigenvalue weighted by Crippen LogP contribution is 2.34. The van der Waals surface area contributed by atoms with Gasteiger partial charge in [0.15, 0.2) is 0 Å². The van der Waals surface area contributed by atoms with Crippen LogP contribution in [0.1, 0.15) is 36.1 Å². The summed E-state index contributed by atoms with van der Waals surface area (Å²) in [6.45, 7) is 6.46. The Hall–Kier alpha value is -1.93. The molecule has 0 heterocycles. The second kappa shape index (κ2) is 6.89. The Balaban J connectivity index is 2.52. The van der Waals surface area contributed by atoms with Crippen LogP contribution < -0.4 is 0 Å². The number of Topliss-reactive ketones (excluding diaryl/α,β-unsaturated/α-hetero) is 1. The molecule has 0 amide bonds. The van der Waals surface area contributed by atoms with Crippen LogP contribution in [-0.4, -0.2) is 19.5 Å². The van der Waals surface area contributed by atoms with E-state index in [-0.39, 0.29) is 5.78 Å². The molecule has 0 spiro atoms. The molecule has 0 aliphatic carbocycles. The summed E-state index contributed by atoms with van der Waals surface area (Å²) >= 11 is 0. The minimum Gasteiger partial charge on any atom is -0.384 e. The van der Waals surface area contributed by atoms with E-state index in [4.69, 9.17) is 4.74 Å². The molecule has 0 aromatic heterocycles. The Morgan fingerprint density at radius 1 is 1.09 bits per heavy atom. The lowest BCUT2D eigenvalue weighted by atomic mass is 9.72. The molecule has 116 valence electrons. The lowest BCUT2D eigenvalue weighted by Gasteiger charge is -2.29. The lowest BCUT2D eigenvalue weighted by molar-refractivity contribution is -0.120. The normalized spacial score (nSPS) is 13.6. The second-order valence-electron chi connectivity index (χ2n) is 5.93. The predicted octanol–water partition coefficient (Wildman–Crippen LogP) is 4.08. The molecule has 1 unspecified atom stereocenters. The van der Waals surface area contributed by atoms with E-state index in [0.717, 1.165) is 17.5 Å². The standard InChI is InChI=1S/C20H24O2/c1-15-10-11-19(14-17(15)12-13-22-4)20(3,16(2)21)18-8-6-5-7-9-18/h5-11,14H,12-13H2,1-4H3. The molecular formula is C20H24O2. The van der Waals surface area contributed by atoms with Gasteiger partial charge < -0.3 is 4.74 Å². The van der Waals surface area contributed by atoms with Crippen molar-refractivity contribution in [2.45, 2.75) is 32.6 Å². The average molecular weight is 296 g/mol. The van der Waals surface area contributed by atoms with Gasteiger partial charge in [-0.05, 0) is 49.4 Å². The summed E-state index contributed by atoms with van der Waals surface area (Å²) in [5, 5.41) is 0. The number of ketones is 1. The number of rotatable bonds is 6. The maximum atomic E-state index is 12.5. The first-order valence-electron chi connectivity index (χ1n) is 7.65. The molecule has 2 nitrogen and oxygen atoms in total. The van der Waals surface area contributed by atoms with Gasteiger partial charge in [-0.1, -0.05) is 48.5 Å². The zero-order valence-electron chi connectivity index (χ0n) is 13.8. The first-order valence-corrected chi connectivity index (χ1v) is 7.65. The van der Waals surface area contributed by atoms with Crippen LogP contribution in [0.15, 0.2) is 48.5 Å². The third-order valence-electron chi connectivity index (χ3n) is 4.56. The van der Waals surface area contributed by atoms with Gasteiger partial charge in [-0.25, -0.2) is 0 Å². The van der Waals surface area contributed by atoms with E-state index in [1.165, 1.54) is 11.1 Å². The average Bonchev–Trinajstić information content (AvgIpc) is 2.54. The first-order chi connectivity index (χ1) is 10.5. The minimum atomic E-state index is -0.614. The van der Waals surface area contributed by atoms with Gasteiger partial charge in [0.2, 0.25) is 0 Å². The van der Waals surface area contributed by atoms with Crippen molar-refractivity contribution >= 4 is 5.78 Å². The third-order valence-corrected chi connectivity index (χ3v) is 4.56. The van der Waals surface area contributed by atoms with Crippen molar-refractivity contribution in [3.05, 3.63) is 70.8 Å². The van der Waals surface area contributed by atoms with Gasteiger partial charge in [0.05, 0.1) is 12.0 Å². The number of ether oxygens (including phenoxy) is 1. The molecular weight excluding hydrogens is 272 g/mol. The van der Waals surface area contributed by atoms with Crippen molar-refractivity contribution in [2.75, 3.05) is 13.7 Å². The van der Waals surface area contributed by atoms with Crippen LogP contribution in [-0.2, 0) is 21.4 Å². The minimum absolute atomic E-state index is 0.153. The van der Waals surface area contributed by atoms with Crippen LogP contribution in [0.2, 0.25) is 0 Å². The molecule has 0 radical (unpaired) electrons. The topological polar surface area (TPSA) is 26.3 Å². The summed E-state index contributed by atoms with van der Waals surface area (Å²) in [6.07, 6.45) is 0.860. The number of hydrogen-bond donors (Lipinski definition) is 0. The summed E-state index contributed by atoms with van der Waals surface area (Å²) in [4.78, 5) is 12.5. The zero-order valence-corrected chi connectivity index (χ0v) is 13.8. The van der Waals surface area contributed by atoms with Crippen LogP contribution in [0.25, 0.3) is 0 Å². The van der Waals surface area contributed by atoms with E-state index < -0.39 is 5.41 Å². The maximum absolute atomic E-state index is 12.5. The van der Waals surface area contributed by atoms with E-state index in [9.17, 15) is 4.79 Å². The Bertz CT molecular complexity index is 646. The highest BCUT2D eigenvalue weighted by atomic mass is 16.5. The molecule has 0 fully saturated rings. The van der Waals surface area contributed by atoms with Crippen molar-refractivity contribution in [1.82, 2.24) is 0 Å². The summed E-state index contributed by atoms with van der Waals surface area (Å²) in [5.74, 6) is 0.153. The fourth-order valence-corrected chi connectivity index (χ4v) is 2.81. The van der Waals surface area contributed by atoms with Crippen LogP contribution in [0, 0.1) is 6.92 Å². The fraction of sp³-hybridized carbons (Fsp3) is 0.350. The quantitative estimate of drug-likeness (QED) is 0.803. The van der Waals surface area contributed by atoms with Gasteiger partial charge in [-0.3, -0.25) is 4.79 Å². The number of carbonyl (C=O) groups excluding carboxylic acids is 1. The SMILES string of the molecule is COCCc1cc(C(C)(C(C)=O)c2ccccc2)ccc1C. The number of methoxy groups -OCH3 is 1. The van der Waals surface area contributed by atoms with Crippen molar-refractivity contribution < 1.29 is 9.53 Å². The molecule has 0 saturated heterocycles. The van der Waals surface area contributed by atoms with Crippen LogP contribution >= 0.6 is 0 Å². The van der Waals surface area contributed by atoms with Gasteiger partial charge in [0.25, 0.3) is 0 Å². The van der Waals surface area contributed by atoms with Crippen LogP contribution in [0.5, 0.6) is 0 Å². The smallest absolute Gasteiger partial charge is 0.144 e. The molecule has 0 aliphatic rings. The second-order valence-corrected chi connectivity index (χ2v) is 5.93. The number of carbonyl (C=O) groups is 1. The largest absolute Gasteiger partial charge is 0.384 e. The van der Waals surface area contributed by atoms with Gasteiger partial charge in [-0.15, -0.1) is 0 Å². The van der Waals surface area contributed by atoms with Crippen LogP contribution in [0.3, 0.4) is 0 Å². The monoisotopic (exact) mass is 296 g/mol. The Kier molecular flexibility index (Phi) is 5.15. The molecule has 0 bridgehead atoms. The van der Waals surface area contributed by atoms with Gasteiger partial charge in [0.1, 0.15) is 5.78 Å². The third kappa shape index (κ3) is 3.12. The van der Waals surface area contributed by atoms with Crippen molar-refractivity contribution in [3.63, 3.8) is 0 Å². The molecule has 0 N–H and O–H groups in total. The molecule has 0 saturated carbocycles. The molecule has 2 rings (SSSR count). The van der Waals surface area contributed by atoms with Crippen molar-refractivity contribution in [2.24, 2.45) is 0 Å². The predicted molar refractivity (Wildman–Crippen MR) is 90.3 cm³/mol. The van der Waals surface area contributed by atoms with E-state index in [2.05, 4.69) is 25.1 Å². The molecule has 2 heteroatoms. The van der Waals surface area contributed by atoms with Crippen LogP contribution in [0.4, 0.5) is 0 Å². The summed E-state index contributed by atoms with van der Waals surface area (Å²) in [6, 6.07) is 16.3. The summed E-state index contributed by atoms with van der Waals surface area (Å²) < 4.78 is 5.19. The van der Waals surface area contributed by atoms with E-state index in [1.54, 1.807) is 14.0 Å². The zero-order chi connectivity index (χ0) is 16.2. The van der Waals surface area contributed by atoms with Crippen molar-refractivity contribution in [1.29, 1.82) is 0 Å². The summed E-state index contributed by atoms with van der Waals surface area (Å²) in [7, 11) is 1.71. The first kappa shape index (κ1) is 16.4. The molecule has 1 atom stereocenters. The van der Waals surface area contributed by atoms with E-state index in [0.29, 0.717) is 6.61 Å². The molecule has 0 aliphatic heterocycles. The molecule has 22 heavy (non-hydrogen) atoms. The van der Waals surface area contributed by atoms with Gasteiger partial charge in [0, 0.05) is 7.11 Å². The van der Waals surface area contributed by atoms with Crippen molar-refractivity contribution in [3.8, 4) is 0 Å². The molecule has 2 aromatic rings. The summed E-state index contributed by atoms with van der Waals surface area (Å²) in [5.41, 5.74) is 3.94. The Labute approximate surface area is 133 Å². The van der Waals surface area contributed by atoms with Gasteiger partial charge in [-0.2, -0.15) is 0 Å². The highest BCUT2D eigenvalue weighted by Gasteiger charge is 2.34. The maximum Gasteiger partial charge on any atom is 0.144 e. The highest BCUT2D eigenvalue weighted by molar-refractivity contribution is 5.91. The van der Waals surface area contributed by atoms with E-state index >= 15 is 0 Å². The fourth-order valence-electron chi connectivity index (χ4n) is 2.81. The Morgan fingerprint density at radius 3 is 2.36 bits per heavy atom. The number of hydrogen-bond acceptors (Lipinski definition) is 2. The number of benzene rings is 2. The number of aryl methyl sites for hydroxylation is 1. The lowest BCUT2D eigenvalue weighted by Crippen LogP contribution is -2.32. The van der Waals surface area contributed by atoms with Gasteiger partial charge >= 0.3 is 0 Å².